The molecule has 0 spiro atoms. The highest BCUT2D eigenvalue weighted by Crippen LogP contribution is 1.97. The smallest absolute Gasteiger partial charge is 0.0527 e. The van der Waals surface area contributed by atoms with Crippen LogP contribution in [0.5, 0.6) is 0 Å². The van der Waals surface area contributed by atoms with Crippen LogP contribution < -0.4 is 0 Å². The highest BCUT2D eigenvalue weighted by molar-refractivity contribution is 7.99. The van der Waals surface area contributed by atoms with Crippen LogP contribution in [0.1, 0.15) is 0 Å². The summed E-state index contributed by atoms with van der Waals surface area (Å²) in [6.45, 7) is 7.15. The zero-order chi connectivity index (χ0) is 7.54. The van der Waals surface area contributed by atoms with Crippen molar-refractivity contribution in [2.75, 3.05) is 11.5 Å². The molecule has 0 N–H and O–H groups in total. The van der Waals surface area contributed by atoms with Gasteiger partial charge in [-0.1, -0.05) is 12.2 Å². The Hall–Kier alpha value is 0.0600. The van der Waals surface area contributed by atoms with E-state index in [-0.39, 0.29) is 0 Å². The molecule has 0 amide bonds. The average molecular weight is 164 g/mol. The lowest BCUT2D eigenvalue weighted by atomic mass is 10.8. The maximum atomic E-state index is 8.28. The summed E-state index contributed by atoms with van der Waals surface area (Å²) in [5, 5.41) is 0. The van der Waals surface area contributed by atoms with Crippen LogP contribution in [0.25, 0.3) is 0 Å². The van der Waals surface area contributed by atoms with Crippen molar-refractivity contribution in [2.24, 2.45) is 0 Å². The fourth-order valence-electron chi connectivity index (χ4n) is 0.235. The molecule has 0 heterocycles. The van der Waals surface area contributed by atoms with Crippen molar-refractivity contribution in [3.8, 4) is 0 Å². The first-order valence-corrected chi connectivity index (χ1v) is 4.23. The number of rotatable bonds is 4. The second kappa shape index (κ2) is 15.7. The Morgan fingerprint density at radius 3 is 1.78 bits per heavy atom. The summed E-state index contributed by atoms with van der Waals surface area (Å²) in [6.07, 6.45) is 3.79. The molecular formula is C6H13OPS. The van der Waals surface area contributed by atoms with Crippen LogP contribution in [-0.2, 0) is 4.57 Å². The minimum absolute atomic E-state index is 0.611. The minimum atomic E-state index is 0.611. The number of thioether (sulfide) groups is 1. The van der Waals surface area contributed by atoms with Gasteiger partial charge in [-0.3, -0.25) is 0 Å². The summed E-state index contributed by atoms with van der Waals surface area (Å²) in [7, 11) is 0.611. The summed E-state index contributed by atoms with van der Waals surface area (Å²) in [5.41, 5.74) is 0. The molecule has 0 saturated heterocycles. The quantitative estimate of drug-likeness (QED) is 0.359. The summed E-state index contributed by atoms with van der Waals surface area (Å²) in [6, 6.07) is 0. The van der Waals surface area contributed by atoms with Gasteiger partial charge in [-0.15, -0.1) is 13.2 Å². The second-order valence-corrected chi connectivity index (χ2v) is 2.19. The molecule has 0 fully saturated rings. The van der Waals surface area contributed by atoms with E-state index in [4.69, 9.17) is 4.57 Å². The van der Waals surface area contributed by atoms with Crippen LogP contribution in [0.3, 0.4) is 0 Å². The van der Waals surface area contributed by atoms with Crippen LogP contribution in [0.2, 0.25) is 0 Å². The van der Waals surface area contributed by atoms with Crippen molar-refractivity contribution in [1.29, 1.82) is 0 Å². The molecule has 1 unspecified atom stereocenters. The lowest BCUT2D eigenvalue weighted by Gasteiger charge is -1.85. The van der Waals surface area contributed by atoms with Crippen LogP contribution >= 0.6 is 20.9 Å². The molecule has 0 aliphatic carbocycles. The molecule has 0 aromatic heterocycles. The first-order chi connectivity index (χ1) is 4.41. The van der Waals surface area contributed by atoms with Gasteiger partial charge in [0.1, 0.15) is 0 Å². The fourth-order valence-corrected chi connectivity index (χ4v) is 0.704. The topological polar surface area (TPSA) is 17.1 Å². The predicted octanol–water partition coefficient (Wildman–Crippen LogP) is 2.03. The molecule has 1 nitrogen and oxygen atoms in total. The van der Waals surface area contributed by atoms with Crippen LogP contribution in [0, 0.1) is 0 Å². The van der Waals surface area contributed by atoms with E-state index >= 15 is 0 Å². The van der Waals surface area contributed by atoms with Gasteiger partial charge in [-0.2, -0.15) is 11.8 Å². The normalized spacial score (nSPS) is 7.11. The van der Waals surface area contributed by atoms with E-state index in [1.807, 2.05) is 23.9 Å². The highest BCUT2D eigenvalue weighted by Gasteiger charge is 1.73. The lowest BCUT2D eigenvalue weighted by Crippen LogP contribution is -1.69. The van der Waals surface area contributed by atoms with Crippen LogP contribution in [-0.4, -0.2) is 11.5 Å². The minimum Gasteiger partial charge on any atom is -0.333 e. The summed E-state index contributed by atoms with van der Waals surface area (Å²) in [5.74, 6) is 2.07. The molecule has 0 bridgehead atoms. The van der Waals surface area contributed by atoms with Gasteiger partial charge in [0.05, 0.1) is 9.12 Å². The van der Waals surface area contributed by atoms with E-state index in [1.165, 1.54) is 0 Å². The van der Waals surface area contributed by atoms with Crippen molar-refractivity contribution < 1.29 is 4.57 Å². The van der Waals surface area contributed by atoms with Gasteiger partial charge in [0.15, 0.2) is 0 Å². The molecule has 0 aliphatic rings. The summed E-state index contributed by atoms with van der Waals surface area (Å²) >= 11 is 1.82. The Labute approximate surface area is 62.8 Å². The van der Waals surface area contributed by atoms with Crippen LogP contribution in [0.15, 0.2) is 25.3 Å². The van der Waals surface area contributed by atoms with Gasteiger partial charge in [-0.25, -0.2) is 0 Å². The van der Waals surface area contributed by atoms with E-state index in [2.05, 4.69) is 13.2 Å². The van der Waals surface area contributed by atoms with Gasteiger partial charge in [-0.05, 0) is 0 Å². The van der Waals surface area contributed by atoms with E-state index in [0.717, 1.165) is 11.5 Å². The number of hydrogen-bond acceptors (Lipinski definition) is 2. The first-order valence-electron chi connectivity index (χ1n) is 2.50. The van der Waals surface area contributed by atoms with Gasteiger partial charge >= 0.3 is 0 Å². The van der Waals surface area contributed by atoms with E-state index in [9.17, 15) is 0 Å². The average Bonchev–Trinajstić information content (AvgIpc) is 1.94. The maximum Gasteiger partial charge on any atom is 0.0527 e. The molecule has 0 rings (SSSR count). The second-order valence-electron chi connectivity index (χ2n) is 1.11. The molecule has 0 saturated carbocycles. The van der Waals surface area contributed by atoms with Crippen molar-refractivity contribution in [2.45, 2.75) is 0 Å². The van der Waals surface area contributed by atoms with E-state index in [1.54, 1.807) is 0 Å². The Kier molecular flexibility index (Phi) is 20.6. The van der Waals surface area contributed by atoms with Gasteiger partial charge in [0.2, 0.25) is 0 Å². The SMILES string of the molecule is C=CCSCC=C.O=[PH3]. The molecule has 0 aliphatic heterocycles. The maximum absolute atomic E-state index is 8.28. The Bertz CT molecular complexity index is 67.5. The predicted molar refractivity (Wildman–Crippen MR) is 49.5 cm³/mol. The molecule has 9 heavy (non-hydrogen) atoms. The fraction of sp³-hybridized carbons (Fsp3) is 0.333. The molecule has 0 aromatic carbocycles. The lowest BCUT2D eigenvalue weighted by molar-refractivity contribution is 0.607. The Balaban J connectivity index is 0. The van der Waals surface area contributed by atoms with Crippen molar-refractivity contribution >= 4 is 20.9 Å². The molecule has 3 heteroatoms. The molecule has 1 atom stereocenters. The Morgan fingerprint density at radius 1 is 1.22 bits per heavy atom. The van der Waals surface area contributed by atoms with Gasteiger partial charge < -0.3 is 4.57 Å². The van der Waals surface area contributed by atoms with Crippen LogP contribution in [0.4, 0.5) is 0 Å². The van der Waals surface area contributed by atoms with Gasteiger partial charge in [0.25, 0.3) is 0 Å². The third kappa shape index (κ3) is 18.0. The van der Waals surface area contributed by atoms with Gasteiger partial charge in [0, 0.05) is 11.5 Å². The third-order valence-corrected chi connectivity index (χ3v) is 1.41. The first kappa shape index (κ1) is 11.8. The highest BCUT2D eigenvalue weighted by atomic mass is 32.2. The third-order valence-electron chi connectivity index (χ3n) is 0.471. The molecule has 0 radical (unpaired) electrons. The summed E-state index contributed by atoms with van der Waals surface area (Å²) in [4.78, 5) is 0. The largest absolute Gasteiger partial charge is 0.333 e. The Morgan fingerprint density at radius 2 is 1.56 bits per heavy atom. The zero-order valence-electron chi connectivity index (χ0n) is 5.51. The summed E-state index contributed by atoms with van der Waals surface area (Å²) < 4.78 is 8.28. The monoisotopic (exact) mass is 164 g/mol. The van der Waals surface area contributed by atoms with Crippen molar-refractivity contribution in [1.82, 2.24) is 0 Å². The zero-order valence-corrected chi connectivity index (χ0v) is 7.74. The van der Waals surface area contributed by atoms with Crippen molar-refractivity contribution in [3.63, 3.8) is 0 Å². The van der Waals surface area contributed by atoms with E-state index < -0.39 is 0 Å². The molecular weight excluding hydrogens is 151 g/mol. The molecule has 0 aromatic rings. The molecule has 54 valence electrons. The number of hydrogen-bond donors (Lipinski definition) is 0. The van der Waals surface area contributed by atoms with E-state index in [0.29, 0.717) is 9.12 Å². The standard InChI is InChI=1S/C6H10S.H3OP/c1-3-5-7-6-4-2;1-2/h3-4H,1-2,5-6H2;2H3. The van der Waals surface area contributed by atoms with Crippen molar-refractivity contribution in [3.05, 3.63) is 25.3 Å².